The van der Waals surface area contributed by atoms with E-state index < -0.39 is 41.4 Å². The van der Waals surface area contributed by atoms with Crippen molar-refractivity contribution in [1.82, 2.24) is 4.98 Å². The summed E-state index contributed by atoms with van der Waals surface area (Å²) in [5.74, 6) is -1.10. The molecule has 0 unspecified atom stereocenters. The molecule has 2 bridgehead atoms. The van der Waals surface area contributed by atoms with E-state index in [2.05, 4.69) is 10.3 Å². The summed E-state index contributed by atoms with van der Waals surface area (Å²) in [7, 11) is 0. The van der Waals surface area contributed by atoms with Gasteiger partial charge in [0.05, 0.1) is 5.56 Å². The van der Waals surface area contributed by atoms with Crippen LogP contribution in [0.5, 0.6) is 0 Å². The highest BCUT2D eigenvalue weighted by atomic mass is 19.4. The zero-order chi connectivity index (χ0) is 22.6. The van der Waals surface area contributed by atoms with Crippen LogP contribution in [-0.2, 0) is 17.1 Å². The maximum absolute atomic E-state index is 13.3. The van der Waals surface area contributed by atoms with E-state index in [4.69, 9.17) is 0 Å². The number of pyridine rings is 1. The standard InChI is InChI=1S/C21H19F6N3O/c1-11-4-2-3-5-15(11)28-19(31)18-12-6-7-14(8-12)30(18)17-10-13(20(22,23)24)9-16(29-17)21(25,26)27/h2-5,9-10,12,14,18H,6-8H2,1H3,(H,28,31)/t12-,14+,18-/m0/s1. The summed E-state index contributed by atoms with van der Waals surface area (Å²) in [5.41, 5.74) is -1.73. The van der Waals surface area contributed by atoms with E-state index in [1.165, 1.54) is 4.90 Å². The quantitative estimate of drug-likeness (QED) is 0.644. The van der Waals surface area contributed by atoms with Crippen molar-refractivity contribution >= 4 is 17.4 Å². The maximum Gasteiger partial charge on any atom is 0.433 e. The summed E-state index contributed by atoms with van der Waals surface area (Å²) in [6, 6.07) is 6.37. The van der Waals surface area contributed by atoms with Gasteiger partial charge in [0.1, 0.15) is 17.6 Å². The van der Waals surface area contributed by atoms with Crippen molar-refractivity contribution in [3.63, 3.8) is 0 Å². The molecule has 0 spiro atoms. The number of benzene rings is 1. The van der Waals surface area contributed by atoms with E-state index in [1.54, 1.807) is 31.2 Å². The highest BCUT2D eigenvalue weighted by molar-refractivity contribution is 5.98. The Kier molecular flexibility index (Phi) is 5.13. The lowest BCUT2D eigenvalue weighted by atomic mass is 9.97. The molecule has 4 rings (SSSR count). The number of para-hydroxylation sites is 1. The monoisotopic (exact) mass is 443 g/mol. The van der Waals surface area contributed by atoms with Crippen LogP contribution in [0.2, 0.25) is 0 Å². The maximum atomic E-state index is 13.3. The molecular formula is C21H19F6N3O. The molecule has 166 valence electrons. The third-order valence-corrected chi connectivity index (χ3v) is 5.95. The van der Waals surface area contributed by atoms with Gasteiger partial charge in [-0.3, -0.25) is 4.79 Å². The molecule has 3 atom stereocenters. The lowest BCUT2D eigenvalue weighted by molar-refractivity contribution is -0.145. The molecule has 31 heavy (non-hydrogen) atoms. The van der Waals surface area contributed by atoms with Gasteiger partial charge in [0.15, 0.2) is 0 Å². The Hall–Kier alpha value is -2.78. The van der Waals surface area contributed by atoms with Crippen molar-refractivity contribution in [2.75, 3.05) is 10.2 Å². The third kappa shape index (κ3) is 4.07. The molecular weight excluding hydrogens is 424 g/mol. The topological polar surface area (TPSA) is 45.2 Å². The number of alkyl halides is 6. The number of nitrogens with one attached hydrogen (secondary N) is 1. The minimum absolute atomic E-state index is 0.000232. The van der Waals surface area contributed by atoms with Gasteiger partial charge in [-0.25, -0.2) is 4.98 Å². The molecule has 1 aromatic heterocycles. The highest BCUT2D eigenvalue weighted by Crippen LogP contribution is 2.46. The molecule has 2 fully saturated rings. The predicted molar refractivity (Wildman–Crippen MR) is 101 cm³/mol. The minimum atomic E-state index is -5.05. The number of hydrogen-bond acceptors (Lipinski definition) is 3. The van der Waals surface area contributed by atoms with Gasteiger partial charge in [-0.15, -0.1) is 0 Å². The Morgan fingerprint density at radius 1 is 1.06 bits per heavy atom. The third-order valence-electron chi connectivity index (χ3n) is 5.95. The number of nitrogens with zero attached hydrogens (tertiary/aromatic N) is 2. The Morgan fingerprint density at radius 3 is 2.42 bits per heavy atom. The first kappa shape index (κ1) is 21.5. The van der Waals surface area contributed by atoms with Crippen molar-refractivity contribution in [2.45, 2.75) is 50.6 Å². The van der Waals surface area contributed by atoms with E-state index in [0.29, 0.717) is 31.0 Å². The van der Waals surface area contributed by atoms with E-state index in [-0.39, 0.29) is 18.0 Å². The summed E-state index contributed by atoms with van der Waals surface area (Å²) in [6.45, 7) is 1.79. The van der Waals surface area contributed by atoms with Gasteiger partial charge < -0.3 is 10.2 Å². The molecule has 1 N–H and O–H groups in total. The average Bonchev–Trinajstić information content (AvgIpc) is 3.29. The number of fused-ring (bicyclic) bond motifs is 2. The first-order valence-electron chi connectivity index (χ1n) is 9.76. The van der Waals surface area contributed by atoms with Gasteiger partial charge in [0.2, 0.25) is 5.91 Å². The Morgan fingerprint density at radius 2 is 1.77 bits per heavy atom. The smallest absolute Gasteiger partial charge is 0.341 e. The highest BCUT2D eigenvalue weighted by Gasteiger charge is 2.51. The second kappa shape index (κ2) is 7.42. The molecule has 1 aromatic carbocycles. The molecule has 1 aliphatic heterocycles. The Balaban J connectivity index is 1.73. The summed E-state index contributed by atoms with van der Waals surface area (Å²) in [6.07, 6.45) is -8.25. The van der Waals surface area contributed by atoms with Gasteiger partial charge >= 0.3 is 12.4 Å². The zero-order valence-electron chi connectivity index (χ0n) is 16.4. The fraction of sp³-hybridized carbons (Fsp3) is 0.429. The number of anilines is 2. The summed E-state index contributed by atoms with van der Waals surface area (Å²) in [5, 5.41) is 2.77. The van der Waals surface area contributed by atoms with E-state index >= 15 is 0 Å². The second-order valence-corrected chi connectivity index (χ2v) is 7.98. The van der Waals surface area contributed by atoms with Crippen LogP contribution < -0.4 is 10.2 Å². The van der Waals surface area contributed by atoms with Crippen molar-refractivity contribution in [3.05, 3.63) is 53.2 Å². The summed E-state index contributed by atoms with van der Waals surface area (Å²) in [4.78, 5) is 17.9. The van der Waals surface area contributed by atoms with Crippen molar-refractivity contribution in [3.8, 4) is 0 Å². The molecule has 0 radical (unpaired) electrons. The second-order valence-electron chi connectivity index (χ2n) is 7.98. The Bertz CT molecular complexity index is 971. The number of carbonyl (C=O) groups excluding carboxylic acids is 1. The van der Waals surface area contributed by atoms with Crippen LogP contribution >= 0.6 is 0 Å². The summed E-state index contributed by atoms with van der Waals surface area (Å²) >= 11 is 0. The number of carbonyl (C=O) groups is 1. The molecule has 2 aromatic rings. The van der Waals surface area contributed by atoms with Crippen molar-refractivity contribution in [1.29, 1.82) is 0 Å². The van der Waals surface area contributed by atoms with Crippen LogP contribution in [0, 0.1) is 12.8 Å². The molecule has 1 amide bonds. The molecule has 1 saturated heterocycles. The molecule has 4 nitrogen and oxygen atoms in total. The van der Waals surface area contributed by atoms with Gasteiger partial charge in [-0.05, 0) is 55.9 Å². The fourth-order valence-electron chi connectivity index (χ4n) is 4.53. The number of piperidine rings is 1. The van der Waals surface area contributed by atoms with Gasteiger partial charge in [0.25, 0.3) is 0 Å². The van der Waals surface area contributed by atoms with Crippen LogP contribution in [0.15, 0.2) is 36.4 Å². The molecule has 2 aliphatic rings. The van der Waals surface area contributed by atoms with Crippen molar-refractivity contribution in [2.24, 2.45) is 5.92 Å². The summed E-state index contributed by atoms with van der Waals surface area (Å²) < 4.78 is 79.7. The van der Waals surface area contributed by atoms with Gasteiger partial charge in [0, 0.05) is 11.7 Å². The zero-order valence-corrected chi connectivity index (χ0v) is 16.4. The minimum Gasteiger partial charge on any atom is -0.341 e. The molecule has 10 heteroatoms. The molecule has 1 aliphatic carbocycles. The first-order chi connectivity index (χ1) is 14.4. The number of hydrogen-bond donors (Lipinski definition) is 1. The van der Waals surface area contributed by atoms with Crippen molar-refractivity contribution < 1.29 is 31.1 Å². The van der Waals surface area contributed by atoms with Crippen LogP contribution in [0.4, 0.5) is 37.8 Å². The van der Waals surface area contributed by atoms with E-state index in [0.717, 1.165) is 5.56 Å². The van der Waals surface area contributed by atoms with Crippen LogP contribution in [0.3, 0.4) is 0 Å². The number of aromatic nitrogens is 1. The number of aryl methyl sites for hydroxylation is 1. The number of amides is 1. The van der Waals surface area contributed by atoms with Crippen LogP contribution in [-0.4, -0.2) is 23.0 Å². The van der Waals surface area contributed by atoms with E-state index in [9.17, 15) is 31.1 Å². The normalized spacial score (nSPS) is 23.3. The van der Waals surface area contributed by atoms with Crippen LogP contribution in [0.1, 0.15) is 36.1 Å². The lowest BCUT2D eigenvalue weighted by Crippen LogP contribution is -2.49. The van der Waals surface area contributed by atoms with Gasteiger partial charge in [-0.2, -0.15) is 26.3 Å². The predicted octanol–water partition coefficient (Wildman–Crippen LogP) is 5.42. The molecule has 2 heterocycles. The number of halogens is 6. The average molecular weight is 443 g/mol. The largest absolute Gasteiger partial charge is 0.433 e. The number of rotatable bonds is 3. The lowest BCUT2D eigenvalue weighted by Gasteiger charge is -2.36. The SMILES string of the molecule is Cc1ccccc1NC(=O)[C@@H]1[C@H]2CC[C@H](C2)N1c1cc(C(F)(F)F)cc(C(F)(F)F)n1. The first-order valence-corrected chi connectivity index (χ1v) is 9.76. The van der Waals surface area contributed by atoms with Crippen LogP contribution in [0.25, 0.3) is 0 Å². The fourth-order valence-corrected chi connectivity index (χ4v) is 4.53. The van der Waals surface area contributed by atoms with E-state index in [1.807, 2.05) is 0 Å². The van der Waals surface area contributed by atoms with Gasteiger partial charge in [-0.1, -0.05) is 18.2 Å². The molecule has 1 saturated carbocycles. The Labute approximate surface area is 174 Å².